The lowest BCUT2D eigenvalue weighted by molar-refractivity contribution is 0.0981. The first-order chi connectivity index (χ1) is 21.4. The van der Waals surface area contributed by atoms with Gasteiger partial charge in [0, 0.05) is 47.5 Å². The molecule has 5 rings (SSSR count). The third kappa shape index (κ3) is 9.02. The van der Waals surface area contributed by atoms with E-state index in [9.17, 15) is 13.2 Å². The number of amides is 1. The third-order valence-corrected chi connectivity index (χ3v) is 10.3. The van der Waals surface area contributed by atoms with E-state index in [1.807, 2.05) is 12.3 Å². The second-order valence-electron chi connectivity index (χ2n) is 15.9. The minimum atomic E-state index is -4.26. The molecule has 4 bridgehead atoms. The molecule has 2 aliphatic heterocycles. The van der Waals surface area contributed by atoms with E-state index < -0.39 is 15.9 Å². The zero-order valence-corrected chi connectivity index (χ0v) is 30.7. The molecule has 1 unspecified atom stereocenters. The van der Waals surface area contributed by atoms with Crippen LogP contribution in [0.25, 0.3) is 0 Å². The van der Waals surface area contributed by atoms with E-state index in [1.165, 1.54) is 11.6 Å². The summed E-state index contributed by atoms with van der Waals surface area (Å²) in [6.07, 6.45) is 7.46. The Kier molecular flexibility index (Phi) is 10.7. The van der Waals surface area contributed by atoms with Gasteiger partial charge in [0.25, 0.3) is 15.9 Å². The maximum absolute atomic E-state index is 13.7. The van der Waals surface area contributed by atoms with Crippen LogP contribution in [0.4, 0.5) is 11.6 Å². The molecule has 0 spiro atoms. The van der Waals surface area contributed by atoms with Crippen LogP contribution in [0, 0.1) is 11.3 Å². The molecule has 1 fully saturated rings. The Balaban J connectivity index is 0.00000500. The van der Waals surface area contributed by atoms with Gasteiger partial charge in [-0.25, -0.2) is 14.7 Å². The van der Waals surface area contributed by atoms with Gasteiger partial charge in [-0.1, -0.05) is 53.7 Å². The topological polar surface area (TPSA) is 117 Å². The molecule has 0 aliphatic carbocycles. The Morgan fingerprint density at radius 1 is 0.979 bits per heavy atom. The minimum absolute atomic E-state index is 0. The van der Waals surface area contributed by atoms with Crippen molar-refractivity contribution >= 4 is 40.0 Å². The molecule has 3 aromatic rings. The number of aromatic nitrogens is 3. The van der Waals surface area contributed by atoms with E-state index in [1.54, 1.807) is 18.2 Å². The van der Waals surface area contributed by atoms with Crippen LogP contribution in [-0.4, -0.2) is 47.4 Å². The molecule has 2 aliphatic rings. The maximum atomic E-state index is 13.7. The number of fused-ring (bicyclic) bond motifs is 6. The van der Waals surface area contributed by atoms with E-state index >= 15 is 0 Å². The number of hydrogen-bond donors (Lipinski definition) is 2. The monoisotopic (exact) mass is 682 g/mol. The number of carbonyl (C=O) groups is 1. The van der Waals surface area contributed by atoms with Crippen LogP contribution in [0.5, 0.6) is 0 Å². The normalized spacial score (nSPS) is 20.9. The largest absolute Gasteiger partial charge is 0.367 e. The zero-order valence-electron chi connectivity index (χ0n) is 29.1. The fourth-order valence-corrected chi connectivity index (χ4v) is 7.38. The van der Waals surface area contributed by atoms with Crippen LogP contribution in [0.1, 0.15) is 108 Å². The summed E-state index contributed by atoms with van der Waals surface area (Å²) in [5, 5.41) is 3.29. The molecule has 3 aromatic heterocycles. The molecule has 256 valence electrons. The minimum Gasteiger partial charge on any atom is -0.367 e. The predicted molar refractivity (Wildman–Crippen MR) is 191 cm³/mol. The van der Waals surface area contributed by atoms with Crippen LogP contribution >= 0.6 is 12.4 Å². The highest BCUT2D eigenvalue weighted by Crippen LogP contribution is 2.40. The molecule has 0 saturated carbocycles. The van der Waals surface area contributed by atoms with Gasteiger partial charge in [0.05, 0.1) is 5.56 Å². The van der Waals surface area contributed by atoms with Gasteiger partial charge in [-0.2, -0.15) is 8.42 Å². The number of hydrogen-bond acceptors (Lipinski definition) is 8. The molecule has 1 amide bonds. The lowest BCUT2D eigenvalue weighted by Crippen LogP contribution is -2.41. The Morgan fingerprint density at radius 2 is 1.72 bits per heavy atom. The van der Waals surface area contributed by atoms with Gasteiger partial charge in [-0.3, -0.25) is 9.78 Å². The lowest BCUT2D eigenvalue weighted by Gasteiger charge is -2.34. The first-order valence-electron chi connectivity index (χ1n) is 16.4. The van der Waals surface area contributed by atoms with Gasteiger partial charge in [-0.05, 0) is 93.2 Å². The second-order valence-corrected chi connectivity index (χ2v) is 17.6. The molecule has 2 N–H and O–H groups in total. The SMILES string of the molecule is CC(C)(C)CCc1ccc(CC2CC[C@@H]3CN(c4nc(C(C)(C)C)ccc4C(=O)NS(=O)(=O)c4cccc(n4)N2)C(C)(C)C3)nc1.Cl. The average molecular weight is 683 g/mol. The standard InChI is InChI=1S/C36H50N6O3S.ClH/c1-34(2,3)19-18-24-12-14-26(37-22-24)20-27-15-13-25-21-36(7,8)42(23-25)32-28(16-17-29(39-32)35(4,5)6)33(43)41-46(44,45)31-11-9-10-30(38-27)40-31;/h9-12,14,16-17,22,25,27H,13,15,18-21,23H2,1-8H3,(H,38,40)(H,41,43);1H/t25-,27?;/m0./s1. The quantitative estimate of drug-likeness (QED) is 0.299. The zero-order chi connectivity index (χ0) is 33.5. The first-order valence-corrected chi connectivity index (χ1v) is 17.9. The summed E-state index contributed by atoms with van der Waals surface area (Å²) >= 11 is 0. The van der Waals surface area contributed by atoms with Gasteiger partial charge < -0.3 is 10.2 Å². The number of rotatable bonds is 4. The summed E-state index contributed by atoms with van der Waals surface area (Å²) in [7, 11) is -4.26. The molecule has 0 aromatic carbocycles. The Hall–Kier alpha value is -3.24. The fraction of sp³-hybridized carbons (Fsp3) is 0.556. The van der Waals surface area contributed by atoms with Crippen molar-refractivity contribution in [1.82, 2.24) is 19.7 Å². The summed E-state index contributed by atoms with van der Waals surface area (Å²) < 4.78 is 29.3. The van der Waals surface area contributed by atoms with Crippen molar-refractivity contribution < 1.29 is 13.2 Å². The molecule has 9 nitrogen and oxygen atoms in total. The molecule has 11 heteroatoms. The molecule has 2 atom stereocenters. The fourth-order valence-electron chi connectivity index (χ4n) is 6.44. The summed E-state index contributed by atoms with van der Waals surface area (Å²) in [6.45, 7) is 18.1. The number of halogens is 1. The van der Waals surface area contributed by atoms with Crippen molar-refractivity contribution in [2.75, 3.05) is 16.8 Å². The van der Waals surface area contributed by atoms with Crippen molar-refractivity contribution in [2.24, 2.45) is 11.3 Å². The number of anilines is 2. The van der Waals surface area contributed by atoms with Crippen molar-refractivity contribution in [1.29, 1.82) is 0 Å². The van der Waals surface area contributed by atoms with Crippen molar-refractivity contribution in [3.8, 4) is 0 Å². The lowest BCUT2D eigenvalue weighted by atomic mass is 9.89. The summed E-state index contributed by atoms with van der Waals surface area (Å²) in [5.74, 6) is 0.611. The number of aryl methyl sites for hydroxylation is 1. The second kappa shape index (κ2) is 13.7. The first kappa shape index (κ1) is 36.6. The summed E-state index contributed by atoms with van der Waals surface area (Å²) in [5.41, 5.74) is 3.03. The van der Waals surface area contributed by atoms with Crippen molar-refractivity contribution in [3.63, 3.8) is 0 Å². The van der Waals surface area contributed by atoms with Crippen molar-refractivity contribution in [2.45, 2.75) is 116 Å². The number of nitrogens with one attached hydrogen (secondary N) is 2. The van der Waals surface area contributed by atoms with Gasteiger partial charge in [-0.15, -0.1) is 12.4 Å². The van der Waals surface area contributed by atoms with Crippen LogP contribution in [0.3, 0.4) is 0 Å². The van der Waals surface area contributed by atoms with Gasteiger partial charge in [0.15, 0.2) is 5.03 Å². The average Bonchev–Trinajstić information content (AvgIpc) is 3.27. The van der Waals surface area contributed by atoms with Gasteiger partial charge >= 0.3 is 0 Å². The molecule has 0 radical (unpaired) electrons. The molecule has 1 saturated heterocycles. The number of nitrogens with zero attached hydrogens (tertiary/aromatic N) is 4. The van der Waals surface area contributed by atoms with E-state index in [2.05, 4.69) is 87.4 Å². The van der Waals surface area contributed by atoms with Crippen LogP contribution in [0.2, 0.25) is 0 Å². The van der Waals surface area contributed by atoms with Crippen LogP contribution < -0.4 is 14.9 Å². The highest BCUT2D eigenvalue weighted by atomic mass is 35.5. The van der Waals surface area contributed by atoms with Gasteiger partial charge in [0.2, 0.25) is 0 Å². The third-order valence-electron chi connectivity index (χ3n) is 9.11. The van der Waals surface area contributed by atoms with Crippen LogP contribution in [0.15, 0.2) is 53.7 Å². The van der Waals surface area contributed by atoms with E-state index in [0.717, 1.165) is 50.0 Å². The number of sulfonamides is 1. The highest BCUT2D eigenvalue weighted by Gasteiger charge is 2.41. The van der Waals surface area contributed by atoms with Gasteiger partial charge in [0.1, 0.15) is 11.6 Å². The Morgan fingerprint density at radius 3 is 2.38 bits per heavy atom. The van der Waals surface area contributed by atoms with E-state index in [0.29, 0.717) is 24.0 Å². The molecular weight excluding hydrogens is 632 g/mol. The molecule has 47 heavy (non-hydrogen) atoms. The summed E-state index contributed by atoms with van der Waals surface area (Å²) in [6, 6.07) is 12.6. The van der Waals surface area contributed by atoms with E-state index in [-0.39, 0.29) is 45.4 Å². The van der Waals surface area contributed by atoms with Crippen LogP contribution in [-0.2, 0) is 28.3 Å². The Labute approximate surface area is 287 Å². The number of pyridine rings is 3. The maximum Gasteiger partial charge on any atom is 0.281 e. The molecular formula is C36H51ClN6O3S. The summed E-state index contributed by atoms with van der Waals surface area (Å²) in [4.78, 5) is 30.1. The molecule has 5 heterocycles. The van der Waals surface area contributed by atoms with Crippen molar-refractivity contribution in [3.05, 3.63) is 71.2 Å². The van der Waals surface area contributed by atoms with E-state index in [4.69, 9.17) is 9.97 Å². The Bertz CT molecular complexity index is 1680. The highest BCUT2D eigenvalue weighted by molar-refractivity contribution is 7.90. The number of carbonyl (C=O) groups excluding carboxylic acids is 1. The predicted octanol–water partition coefficient (Wildman–Crippen LogP) is 7.11. The smallest absolute Gasteiger partial charge is 0.281 e.